The topological polar surface area (TPSA) is 71.2 Å². The van der Waals surface area contributed by atoms with Crippen LogP contribution < -0.4 is 15.2 Å². The van der Waals surface area contributed by atoms with Crippen molar-refractivity contribution >= 4 is 16.7 Å². The molecule has 2 aromatic heterocycles. The first-order chi connectivity index (χ1) is 14.4. The second-order valence-electron chi connectivity index (χ2n) is 7.52. The SMILES string of the molecule is CC1CN(c2cc(=O)n(C)c3ccc(C#N)nc23)CC[C@@H]1Oc1c(F)cccc1F. The second kappa shape index (κ2) is 7.75. The number of pyridine rings is 2. The zero-order chi connectivity index (χ0) is 21.4. The Balaban J connectivity index is 1.63. The van der Waals surface area contributed by atoms with Crippen molar-refractivity contribution in [1.29, 1.82) is 5.26 Å². The van der Waals surface area contributed by atoms with E-state index in [1.807, 2.05) is 17.9 Å². The molecule has 0 amide bonds. The number of ether oxygens (including phenoxy) is 1. The number of halogens is 2. The van der Waals surface area contributed by atoms with Crippen LogP contribution in [0.5, 0.6) is 5.75 Å². The van der Waals surface area contributed by atoms with Gasteiger partial charge < -0.3 is 14.2 Å². The Morgan fingerprint density at radius 1 is 1.23 bits per heavy atom. The van der Waals surface area contributed by atoms with Gasteiger partial charge in [-0.15, -0.1) is 0 Å². The number of hydrogen-bond acceptors (Lipinski definition) is 5. The Kier molecular flexibility index (Phi) is 5.12. The predicted octanol–water partition coefficient (Wildman–Crippen LogP) is 3.38. The molecule has 0 spiro atoms. The van der Waals surface area contributed by atoms with Gasteiger partial charge in [0.25, 0.3) is 5.56 Å². The van der Waals surface area contributed by atoms with E-state index in [4.69, 9.17) is 4.74 Å². The summed E-state index contributed by atoms with van der Waals surface area (Å²) in [5.74, 6) is -1.87. The van der Waals surface area contributed by atoms with E-state index < -0.39 is 11.6 Å². The Labute approximate surface area is 171 Å². The standard InChI is InChI=1S/C22H20F2N4O2/c1-13-12-28(9-8-19(13)30-22-15(23)4-3-5-16(22)24)18-10-20(29)27(2)17-7-6-14(11-25)26-21(17)18/h3-7,10,13,19H,8-9,12H2,1-2H3/t13?,19-/m0/s1. The van der Waals surface area contributed by atoms with Crippen LogP contribution in [0, 0.1) is 28.9 Å². The fraction of sp³-hybridized carbons (Fsp3) is 0.318. The normalized spacial score (nSPS) is 19.0. The average Bonchev–Trinajstić information content (AvgIpc) is 2.74. The highest BCUT2D eigenvalue weighted by Gasteiger charge is 2.30. The van der Waals surface area contributed by atoms with Crippen LogP contribution in [0.1, 0.15) is 19.0 Å². The first-order valence-corrected chi connectivity index (χ1v) is 9.65. The lowest BCUT2D eigenvalue weighted by Gasteiger charge is -2.38. The van der Waals surface area contributed by atoms with Crippen LogP contribution in [-0.2, 0) is 7.05 Å². The van der Waals surface area contributed by atoms with Crippen molar-refractivity contribution in [2.75, 3.05) is 18.0 Å². The molecule has 4 rings (SSSR count). The van der Waals surface area contributed by atoms with Gasteiger partial charge in [-0.1, -0.05) is 13.0 Å². The van der Waals surface area contributed by atoms with Gasteiger partial charge in [0.15, 0.2) is 17.4 Å². The molecule has 1 aromatic carbocycles. The Bertz CT molecular complexity index is 1200. The molecular weight excluding hydrogens is 390 g/mol. The molecule has 2 atom stereocenters. The number of aryl methyl sites for hydroxylation is 1. The van der Waals surface area contributed by atoms with Gasteiger partial charge >= 0.3 is 0 Å². The number of para-hydroxylation sites is 1. The summed E-state index contributed by atoms with van der Waals surface area (Å²) in [5, 5.41) is 9.21. The van der Waals surface area contributed by atoms with E-state index in [2.05, 4.69) is 4.98 Å². The molecule has 1 fully saturated rings. The zero-order valence-corrected chi connectivity index (χ0v) is 16.6. The van der Waals surface area contributed by atoms with Crippen LogP contribution in [0.4, 0.5) is 14.5 Å². The molecule has 1 unspecified atom stereocenters. The third-order valence-corrected chi connectivity index (χ3v) is 5.54. The third-order valence-electron chi connectivity index (χ3n) is 5.54. The molecule has 8 heteroatoms. The molecule has 0 aliphatic carbocycles. The number of aromatic nitrogens is 2. The maximum atomic E-state index is 14.0. The van der Waals surface area contributed by atoms with Gasteiger partial charge in [0.05, 0.1) is 11.2 Å². The Hall–Kier alpha value is -3.47. The summed E-state index contributed by atoms with van der Waals surface area (Å²) in [5.41, 5.74) is 1.94. The highest BCUT2D eigenvalue weighted by Crippen LogP contribution is 2.31. The van der Waals surface area contributed by atoms with E-state index in [1.165, 1.54) is 28.8 Å². The van der Waals surface area contributed by atoms with Gasteiger partial charge in [-0.3, -0.25) is 4.79 Å². The van der Waals surface area contributed by atoms with E-state index in [9.17, 15) is 18.8 Å². The highest BCUT2D eigenvalue weighted by atomic mass is 19.1. The number of rotatable bonds is 3. The molecule has 0 N–H and O–H groups in total. The van der Waals surface area contributed by atoms with E-state index in [-0.39, 0.29) is 29.0 Å². The maximum absolute atomic E-state index is 14.0. The van der Waals surface area contributed by atoms with E-state index >= 15 is 0 Å². The van der Waals surface area contributed by atoms with Crippen molar-refractivity contribution in [3.8, 4) is 11.8 Å². The summed E-state index contributed by atoms with van der Waals surface area (Å²) < 4.78 is 35.1. The van der Waals surface area contributed by atoms with Gasteiger partial charge in [0.2, 0.25) is 0 Å². The van der Waals surface area contributed by atoms with Gasteiger partial charge in [-0.2, -0.15) is 5.26 Å². The van der Waals surface area contributed by atoms with E-state index in [0.717, 1.165) is 0 Å². The first-order valence-electron chi connectivity index (χ1n) is 9.65. The van der Waals surface area contributed by atoms with Crippen LogP contribution in [-0.4, -0.2) is 28.7 Å². The molecule has 1 saturated heterocycles. The molecular formula is C22H20F2N4O2. The first kappa shape index (κ1) is 19.8. The minimum absolute atomic E-state index is 0.0592. The Morgan fingerprint density at radius 3 is 2.63 bits per heavy atom. The molecule has 1 aliphatic heterocycles. The van der Waals surface area contributed by atoms with Crippen LogP contribution in [0.2, 0.25) is 0 Å². The monoisotopic (exact) mass is 410 g/mol. The average molecular weight is 410 g/mol. The van der Waals surface area contributed by atoms with Crippen molar-refractivity contribution in [3.05, 3.63) is 64.1 Å². The van der Waals surface area contributed by atoms with Crippen LogP contribution in [0.3, 0.4) is 0 Å². The summed E-state index contributed by atoms with van der Waals surface area (Å²) in [7, 11) is 1.66. The molecule has 0 bridgehead atoms. The number of fused-ring (bicyclic) bond motifs is 1. The van der Waals surface area contributed by atoms with E-state index in [0.29, 0.717) is 36.2 Å². The number of nitrogens with zero attached hydrogens (tertiary/aromatic N) is 4. The van der Waals surface area contributed by atoms with Gasteiger partial charge in [-0.25, -0.2) is 13.8 Å². The van der Waals surface area contributed by atoms with Crippen molar-refractivity contribution < 1.29 is 13.5 Å². The van der Waals surface area contributed by atoms with Crippen LogP contribution in [0.25, 0.3) is 11.0 Å². The molecule has 30 heavy (non-hydrogen) atoms. The van der Waals surface area contributed by atoms with Crippen molar-refractivity contribution in [3.63, 3.8) is 0 Å². The maximum Gasteiger partial charge on any atom is 0.252 e. The minimum Gasteiger partial charge on any atom is -0.484 e. The summed E-state index contributed by atoms with van der Waals surface area (Å²) in [4.78, 5) is 18.9. The summed E-state index contributed by atoms with van der Waals surface area (Å²) >= 11 is 0. The van der Waals surface area contributed by atoms with Crippen LogP contribution >= 0.6 is 0 Å². The molecule has 0 saturated carbocycles. The number of piperidine rings is 1. The van der Waals surface area contributed by atoms with Gasteiger partial charge in [0.1, 0.15) is 23.4 Å². The number of anilines is 1. The van der Waals surface area contributed by atoms with Crippen molar-refractivity contribution in [2.24, 2.45) is 13.0 Å². The molecule has 3 aromatic rings. The summed E-state index contributed by atoms with van der Waals surface area (Å²) in [6, 6.07) is 10.5. The lowest BCUT2D eigenvalue weighted by atomic mass is 9.95. The van der Waals surface area contributed by atoms with Crippen molar-refractivity contribution in [1.82, 2.24) is 9.55 Å². The van der Waals surface area contributed by atoms with E-state index in [1.54, 1.807) is 19.2 Å². The third kappa shape index (κ3) is 3.47. The number of nitriles is 1. The largest absolute Gasteiger partial charge is 0.484 e. The fourth-order valence-electron chi connectivity index (χ4n) is 3.88. The smallest absolute Gasteiger partial charge is 0.252 e. The lowest BCUT2D eigenvalue weighted by Crippen LogP contribution is -2.45. The summed E-state index contributed by atoms with van der Waals surface area (Å²) in [6.07, 6.45) is 0.150. The fourth-order valence-corrected chi connectivity index (χ4v) is 3.88. The molecule has 6 nitrogen and oxygen atoms in total. The summed E-state index contributed by atoms with van der Waals surface area (Å²) in [6.45, 7) is 2.97. The molecule has 3 heterocycles. The number of hydrogen-bond donors (Lipinski definition) is 0. The van der Waals surface area contributed by atoms with Crippen molar-refractivity contribution in [2.45, 2.75) is 19.4 Å². The molecule has 154 valence electrons. The second-order valence-corrected chi connectivity index (χ2v) is 7.52. The minimum atomic E-state index is -0.726. The Morgan fingerprint density at radius 2 is 1.97 bits per heavy atom. The zero-order valence-electron chi connectivity index (χ0n) is 16.6. The molecule has 0 radical (unpaired) electrons. The molecule has 1 aliphatic rings. The highest BCUT2D eigenvalue weighted by molar-refractivity contribution is 5.88. The van der Waals surface area contributed by atoms with Crippen LogP contribution in [0.15, 0.2) is 41.2 Å². The number of benzene rings is 1. The van der Waals surface area contributed by atoms with Gasteiger partial charge in [-0.05, 0) is 24.3 Å². The lowest BCUT2D eigenvalue weighted by molar-refractivity contribution is 0.111. The van der Waals surface area contributed by atoms with Gasteiger partial charge in [0, 0.05) is 38.5 Å². The predicted molar refractivity (Wildman–Crippen MR) is 108 cm³/mol. The quantitative estimate of drug-likeness (QED) is 0.662.